The van der Waals surface area contributed by atoms with E-state index >= 15 is 0 Å². The molecule has 2 heterocycles. The van der Waals surface area contributed by atoms with Gasteiger partial charge in [0, 0.05) is 24.2 Å². The molecule has 0 unspecified atom stereocenters. The fourth-order valence-electron chi connectivity index (χ4n) is 7.08. The van der Waals surface area contributed by atoms with Gasteiger partial charge in [0.2, 0.25) is 0 Å². The molecule has 6 heteroatoms. The third-order valence-electron chi connectivity index (χ3n) is 9.89. The van der Waals surface area contributed by atoms with Crippen molar-refractivity contribution in [2.75, 3.05) is 5.90 Å². The maximum Gasteiger partial charge on any atom is 1.00 e. The van der Waals surface area contributed by atoms with Crippen LogP contribution in [0.5, 0.6) is 0 Å². The summed E-state index contributed by atoms with van der Waals surface area (Å²) >= 11 is 3.56. The second-order valence-electron chi connectivity index (χ2n) is 13.5. The minimum absolute atomic E-state index is 0. The van der Waals surface area contributed by atoms with Crippen LogP contribution in [0.4, 0.5) is 0 Å². The molecule has 0 aliphatic heterocycles. The minimum atomic E-state index is -0.847. The van der Waals surface area contributed by atoms with Crippen LogP contribution < -0.4 is 21.2 Å². The molecule has 0 saturated carbocycles. The fraction of sp³-hybridized carbons (Fsp3) is 0.0189. The number of fused-ring (bicyclic) bond motifs is 6. The van der Waals surface area contributed by atoms with Gasteiger partial charge in [-0.3, -0.25) is 11.8 Å². The van der Waals surface area contributed by atoms with Crippen molar-refractivity contribution < 1.29 is 44.8 Å². The van der Waals surface area contributed by atoms with Gasteiger partial charge in [0.05, 0.1) is 0 Å². The van der Waals surface area contributed by atoms with Gasteiger partial charge in [-0.1, -0.05) is 121 Å². The first-order chi connectivity index (χ1) is 28.2. The standard InChI is InChI=1S/C25H22P2.2C14H7S.2Au/c1-5-13-22(14-6-1)26(23-15-7-2-8-16-23)21-27(24-17-9-3-10-18-24)25-19-11-4-12-20-25;1-2-10-7-8-14-12(9-10)11-5-3-4-6-13(11)15-14;1-2-10-7-8-12-11-5-3-4-6-13(11)15-14(12)9-10;;/h1-20H,21H2;2*3-9H;;/q;2*-1;2*+1/p+2. The monoisotopic (exact) mass is 1190 g/mol. The maximum atomic E-state index is 7.13. The van der Waals surface area contributed by atoms with Crippen molar-refractivity contribution in [3.05, 3.63) is 230 Å². The summed E-state index contributed by atoms with van der Waals surface area (Å²) in [6.07, 6.45) is 14.2. The Morgan fingerprint density at radius 1 is 0.339 bits per heavy atom. The Morgan fingerprint density at radius 3 is 1.14 bits per heavy atom. The van der Waals surface area contributed by atoms with Crippen LogP contribution in [0, 0.1) is 24.7 Å². The number of hydrogen-bond donors (Lipinski definition) is 0. The van der Waals surface area contributed by atoms with Crippen molar-refractivity contribution in [2.45, 2.75) is 0 Å². The molecule has 59 heavy (non-hydrogen) atoms. The van der Waals surface area contributed by atoms with Crippen LogP contribution in [0.1, 0.15) is 11.1 Å². The molecular weight excluding hydrogens is 1160 g/mol. The summed E-state index contributed by atoms with van der Waals surface area (Å²) in [6, 6.07) is 73.3. The van der Waals surface area contributed by atoms with E-state index in [1.54, 1.807) is 22.7 Å². The second-order valence-corrected chi connectivity index (χ2v) is 21.3. The van der Waals surface area contributed by atoms with E-state index in [2.05, 4.69) is 194 Å². The van der Waals surface area contributed by atoms with Crippen LogP contribution in [0.15, 0.2) is 206 Å². The summed E-state index contributed by atoms with van der Waals surface area (Å²) in [5.41, 5.74) is 1.68. The van der Waals surface area contributed by atoms with Gasteiger partial charge in [-0.2, -0.15) is 0 Å². The zero-order valence-electron chi connectivity index (χ0n) is 31.8. The summed E-state index contributed by atoms with van der Waals surface area (Å²) in [7, 11) is -1.69. The maximum absolute atomic E-state index is 7.13. The molecule has 0 atom stereocenters. The Balaban J connectivity index is 0.000000156. The molecule has 0 saturated heterocycles. The van der Waals surface area contributed by atoms with Crippen LogP contribution in [0.25, 0.3) is 40.3 Å². The predicted molar refractivity (Wildman–Crippen MR) is 257 cm³/mol. The van der Waals surface area contributed by atoms with Crippen molar-refractivity contribution >= 4 is 100 Å². The topological polar surface area (TPSA) is 0 Å². The van der Waals surface area contributed by atoms with Gasteiger partial charge in [-0.25, -0.2) is 0 Å². The summed E-state index contributed by atoms with van der Waals surface area (Å²) in [5.74, 6) is 6.10. The number of rotatable bonds is 6. The molecule has 0 nitrogen and oxygen atoms in total. The van der Waals surface area contributed by atoms with E-state index in [1.807, 2.05) is 24.3 Å². The van der Waals surface area contributed by atoms with Gasteiger partial charge in [-0.05, 0) is 76.8 Å². The van der Waals surface area contributed by atoms with Crippen LogP contribution in [-0.4, -0.2) is 5.90 Å². The molecule has 10 rings (SSSR count). The third-order valence-corrected chi connectivity index (χ3v) is 19.1. The molecule has 8 aromatic carbocycles. The first-order valence-electron chi connectivity index (χ1n) is 18.8. The average Bonchev–Trinajstić information content (AvgIpc) is 3.86. The van der Waals surface area contributed by atoms with Crippen LogP contribution in [-0.2, 0) is 44.8 Å². The van der Waals surface area contributed by atoms with Crippen LogP contribution in [0.3, 0.4) is 0 Å². The van der Waals surface area contributed by atoms with E-state index < -0.39 is 15.8 Å². The second kappa shape index (κ2) is 21.8. The number of thiophene rings is 2. The van der Waals surface area contributed by atoms with Crippen LogP contribution >= 0.6 is 38.5 Å². The summed E-state index contributed by atoms with van der Waals surface area (Å²) in [6.45, 7) is 0. The third kappa shape index (κ3) is 10.7. The molecule has 0 N–H and O–H groups in total. The largest absolute Gasteiger partial charge is 1.00 e. The van der Waals surface area contributed by atoms with Crippen molar-refractivity contribution in [1.29, 1.82) is 0 Å². The van der Waals surface area contributed by atoms with Gasteiger partial charge >= 0.3 is 44.8 Å². The first-order valence-corrected chi connectivity index (χ1v) is 23.8. The molecule has 0 aliphatic carbocycles. The van der Waals surface area contributed by atoms with Gasteiger partial charge in [0.15, 0.2) is 5.90 Å². The normalized spacial score (nSPS) is 10.4. The Hall–Kier alpha value is -4.34. The van der Waals surface area contributed by atoms with E-state index in [0.717, 1.165) is 11.1 Å². The predicted octanol–water partition coefficient (Wildman–Crippen LogP) is 12.7. The number of hydrogen-bond acceptors (Lipinski definition) is 2. The quantitative estimate of drug-likeness (QED) is 0.0674. The Bertz CT molecular complexity index is 2800. The summed E-state index contributed by atoms with van der Waals surface area (Å²) in [4.78, 5) is 0. The smallest absolute Gasteiger partial charge is 0.366 e. The Morgan fingerprint density at radius 2 is 0.678 bits per heavy atom. The average molecular weight is 1190 g/mol. The van der Waals surface area contributed by atoms with E-state index in [4.69, 9.17) is 12.8 Å². The van der Waals surface area contributed by atoms with E-state index in [-0.39, 0.29) is 44.8 Å². The molecule has 0 spiro atoms. The van der Waals surface area contributed by atoms with E-state index in [9.17, 15) is 0 Å². The summed E-state index contributed by atoms with van der Waals surface area (Å²) < 4.78 is 5.10. The van der Waals surface area contributed by atoms with Crippen molar-refractivity contribution in [1.82, 2.24) is 0 Å². The molecule has 0 bridgehead atoms. The van der Waals surface area contributed by atoms with Crippen molar-refractivity contribution in [3.8, 4) is 11.8 Å². The minimum Gasteiger partial charge on any atom is -0.366 e. The zero-order valence-corrected chi connectivity index (χ0v) is 39.7. The SMILES string of the molecule is [Au+].[Au+].[C-]#Cc1ccc2c(c1)sc1ccccc12.[C-]#Cc1ccc2sc3ccccc3c2c1.c1ccc([PH+](C[PH+](c2ccccc2)c2ccccc2)c2ccccc2)cc1. The Labute approximate surface area is 389 Å². The molecule has 0 amide bonds. The Kier molecular flexibility index (Phi) is 16.3. The van der Waals surface area contributed by atoms with E-state index in [0.29, 0.717) is 0 Å². The molecule has 0 fully saturated rings. The van der Waals surface area contributed by atoms with Crippen molar-refractivity contribution in [3.63, 3.8) is 0 Å². The molecule has 0 aliphatic rings. The number of benzene rings is 8. The van der Waals surface area contributed by atoms with Gasteiger partial charge in [-0.15, -0.1) is 58.1 Å². The first kappa shape index (κ1) is 44.2. The van der Waals surface area contributed by atoms with Gasteiger partial charge < -0.3 is 12.8 Å². The molecule has 2 aromatic heterocycles. The van der Waals surface area contributed by atoms with Crippen molar-refractivity contribution in [2.24, 2.45) is 0 Å². The molecular formula is C53H38Au2P2S2+2. The molecule has 292 valence electrons. The fourth-order valence-corrected chi connectivity index (χ4v) is 17.0. The summed E-state index contributed by atoms with van der Waals surface area (Å²) in [5, 5.41) is 11.1. The van der Waals surface area contributed by atoms with Gasteiger partial charge in [0.1, 0.15) is 37.1 Å². The zero-order chi connectivity index (χ0) is 38.8. The van der Waals surface area contributed by atoms with Crippen LogP contribution in [0.2, 0.25) is 0 Å². The van der Waals surface area contributed by atoms with E-state index in [1.165, 1.54) is 67.5 Å². The van der Waals surface area contributed by atoms with Gasteiger partial charge in [0.25, 0.3) is 0 Å². The molecule has 10 aromatic rings. The molecule has 0 radical (unpaired) electrons.